The lowest BCUT2D eigenvalue weighted by Gasteiger charge is -2.40. The third kappa shape index (κ3) is 7.23. The Morgan fingerprint density at radius 3 is 2.66 bits per heavy atom. The van der Waals surface area contributed by atoms with Crippen LogP contribution >= 0.6 is 0 Å². The maximum Gasteiger partial charge on any atom is 0.302 e. The van der Waals surface area contributed by atoms with Crippen molar-refractivity contribution in [1.29, 1.82) is 0 Å². The first-order valence-electron chi connectivity index (χ1n) is 21.2. The van der Waals surface area contributed by atoms with Crippen molar-refractivity contribution in [3.05, 3.63) is 117 Å². The number of nitrogens with zero attached hydrogens (tertiary/aromatic N) is 1. The number of nitrogens with one attached hydrogen (secondary N) is 1. The molecule has 0 saturated heterocycles. The summed E-state index contributed by atoms with van der Waals surface area (Å²) in [4.78, 5) is 17.3. The van der Waals surface area contributed by atoms with Gasteiger partial charge in [-0.15, -0.1) is 0 Å². The lowest BCUT2D eigenvalue weighted by molar-refractivity contribution is -0.141. The zero-order chi connectivity index (χ0) is 42.4. The lowest BCUT2D eigenvalue weighted by atomic mass is 9.64. The number of hydrogen-bond acceptors (Lipinski definition) is 11. The second kappa shape index (κ2) is 16.2. The highest BCUT2D eigenvalue weighted by Gasteiger charge is 2.52. The van der Waals surface area contributed by atoms with E-state index in [1.54, 1.807) is 18.2 Å². The quantitative estimate of drug-likeness (QED) is 0.0524. The van der Waals surface area contributed by atoms with Gasteiger partial charge in [-0.1, -0.05) is 42.3 Å². The number of nitrogen functional groups attached to an aromatic ring is 1. The Morgan fingerprint density at radius 1 is 1.02 bits per heavy atom. The molecule has 61 heavy (non-hydrogen) atoms. The van der Waals surface area contributed by atoms with Gasteiger partial charge in [-0.05, 0) is 121 Å². The summed E-state index contributed by atoms with van der Waals surface area (Å²) in [6, 6.07) is 23.5. The van der Waals surface area contributed by atoms with Gasteiger partial charge in [0.2, 0.25) is 0 Å². The number of benzene rings is 4. The standard InChI is InChI=1S/C50H51N3O8/c1-4-52-40-10-6-5-8-29(40)12-13-34-31-18-19-50(24-31)25-32-20-33(56)22-44(60-27-54)46(32)37-15-14-36-39(26-59-28(2)55)48(61-49(36)47(37)50)38-23-43(58-3)42(57)21-30(38)9-7-11-41-35(34)16-17-45(51)53-41/h5-6,8,10,14-17,20-23,31,34,39,48,52,54,56-57H,4,9,12-13,18-19,24-27H2,1-3H3,(H2,51,53)/t31-,34-,39-,48-,50-/m0/s1. The van der Waals surface area contributed by atoms with E-state index in [2.05, 4.69) is 60.5 Å². The molecule has 4 aliphatic rings. The molecule has 0 unspecified atom stereocenters. The number of anilines is 2. The van der Waals surface area contributed by atoms with E-state index in [0.29, 0.717) is 23.7 Å². The molecule has 4 aromatic carbocycles. The highest BCUT2D eigenvalue weighted by molar-refractivity contribution is 5.84. The van der Waals surface area contributed by atoms with E-state index in [4.69, 9.17) is 29.7 Å². The number of ether oxygens (including phenoxy) is 4. The van der Waals surface area contributed by atoms with E-state index >= 15 is 0 Å². The van der Waals surface area contributed by atoms with E-state index in [1.807, 2.05) is 18.2 Å². The highest BCUT2D eigenvalue weighted by atomic mass is 16.6. The maximum atomic E-state index is 12.4. The van der Waals surface area contributed by atoms with E-state index in [1.165, 1.54) is 19.6 Å². The van der Waals surface area contributed by atoms with Gasteiger partial charge in [0, 0.05) is 59.3 Å². The number of phenolic OH excluding ortho intramolecular Hbond substituents is 2. The van der Waals surface area contributed by atoms with Gasteiger partial charge in [-0.2, -0.15) is 0 Å². The summed E-state index contributed by atoms with van der Waals surface area (Å²) >= 11 is 0. The summed E-state index contributed by atoms with van der Waals surface area (Å²) in [5, 5.41) is 35.8. The Hall–Kier alpha value is -6.38. The predicted molar refractivity (Wildman–Crippen MR) is 232 cm³/mol. The number of rotatable bonds is 10. The number of aromatic hydroxyl groups is 2. The summed E-state index contributed by atoms with van der Waals surface area (Å²) in [5.41, 5.74) is 16.1. The topological polar surface area (TPSA) is 166 Å². The number of nitrogens with two attached hydrogens (primary N) is 1. The van der Waals surface area contributed by atoms with Crippen LogP contribution in [0.4, 0.5) is 11.5 Å². The number of methoxy groups -OCH3 is 1. The maximum absolute atomic E-state index is 12.4. The summed E-state index contributed by atoms with van der Waals surface area (Å²) < 4.78 is 24.6. The summed E-state index contributed by atoms with van der Waals surface area (Å²) in [7, 11) is 1.51. The van der Waals surface area contributed by atoms with Crippen LogP contribution in [0.1, 0.15) is 102 Å². The van der Waals surface area contributed by atoms with Crippen LogP contribution in [-0.2, 0) is 34.2 Å². The van der Waals surface area contributed by atoms with Gasteiger partial charge in [0.25, 0.3) is 0 Å². The number of aryl methyl sites for hydroxylation is 1. The molecule has 2 aliphatic carbocycles. The fourth-order valence-electron chi connectivity index (χ4n) is 10.8. The normalized spacial score (nSPS) is 21.6. The molecule has 0 amide bonds. The molecule has 5 aromatic rings. The van der Waals surface area contributed by atoms with E-state index in [0.717, 1.165) is 94.6 Å². The molecule has 1 spiro atoms. The van der Waals surface area contributed by atoms with Crippen LogP contribution in [-0.4, -0.2) is 53.3 Å². The molecule has 11 heteroatoms. The van der Waals surface area contributed by atoms with Gasteiger partial charge in [0.1, 0.15) is 41.5 Å². The van der Waals surface area contributed by atoms with Gasteiger partial charge >= 0.3 is 5.97 Å². The Bertz CT molecular complexity index is 2600. The summed E-state index contributed by atoms with van der Waals surface area (Å²) in [6.07, 6.45) is 4.44. The zero-order valence-corrected chi connectivity index (χ0v) is 34.7. The zero-order valence-electron chi connectivity index (χ0n) is 34.7. The van der Waals surface area contributed by atoms with Gasteiger partial charge < -0.3 is 45.3 Å². The molecule has 314 valence electrons. The van der Waals surface area contributed by atoms with Crippen molar-refractivity contribution in [2.75, 3.05) is 38.1 Å². The van der Waals surface area contributed by atoms with Crippen molar-refractivity contribution in [3.8, 4) is 51.7 Å². The van der Waals surface area contributed by atoms with Crippen molar-refractivity contribution in [2.45, 2.75) is 82.1 Å². The molecule has 9 rings (SSSR count). The molecule has 11 nitrogen and oxygen atoms in total. The Labute approximate surface area is 355 Å². The highest BCUT2D eigenvalue weighted by Crippen LogP contribution is 2.63. The first-order valence-corrected chi connectivity index (χ1v) is 21.2. The third-order valence-corrected chi connectivity index (χ3v) is 13.3. The first-order chi connectivity index (χ1) is 29.6. The number of fused-ring (bicyclic) bond motifs is 7. The smallest absolute Gasteiger partial charge is 0.302 e. The second-order valence-corrected chi connectivity index (χ2v) is 16.8. The molecule has 1 saturated carbocycles. The molecule has 1 aromatic heterocycles. The minimum Gasteiger partial charge on any atom is -0.508 e. The predicted octanol–water partition coefficient (Wildman–Crippen LogP) is 8.21. The van der Waals surface area contributed by atoms with Crippen molar-refractivity contribution in [2.24, 2.45) is 5.92 Å². The largest absolute Gasteiger partial charge is 0.508 e. The first kappa shape index (κ1) is 40.0. The van der Waals surface area contributed by atoms with E-state index in [9.17, 15) is 20.1 Å². The third-order valence-electron chi connectivity index (χ3n) is 13.3. The lowest BCUT2D eigenvalue weighted by Crippen LogP contribution is -2.31. The van der Waals surface area contributed by atoms with Gasteiger partial charge in [0.05, 0.1) is 13.0 Å². The number of pyridine rings is 1. The van der Waals surface area contributed by atoms with Crippen molar-refractivity contribution < 1.29 is 39.1 Å². The summed E-state index contributed by atoms with van der Waals surface area (Å²) in [6.45, 7) is 3.83. The molecule has 5 atom stereocenters. The number of esters is 1. The number of carbonyl (C=O) groups excluding carboxylic acids is 1. The van der Waals surface area contributed by atoms with Gasteiger partial charge in [-0.3, -0.25) is 4.79 Å². The SMILES string of the molecule is CCNc1ccccc1CC[C@@H]1c2ccc(N)nc2C#CCc2cc(O)c(OC)cc2[C@@H]2Oc3c(ccc4c3[C@]3(CC[C@H]1C3)Cc1cc(O)cc(OCO)c1-4)[C@@H]2COC(C)=O. The van der Waals surface area contributed by atoms with Gasteiger partial charge in [0.15, 0.2) is 18.3 Å². The molecule has 6 N–H and O–H groups in total. The molecule has 2 aliphatic heterocycles. The van der Waals surface area contributed by atoms with Crippen LogP contribution in [0.25, 0.3) is 11.1 Å². The second-order valence-electron chi connectivity index (χ2n) is 16.8. The van der Waals surface area contributed by atoms with Crippen LogP contribution in [0.15, 0.2) is 72.8 Å². The Kier molecular flexibility index (Phi) is 10.7. The van der Waals surface area contributed by atoms with Crippen molar-refractivity contribution >= 4 is 17.5 Å². The molecular weight excluding hydrogens is 771 g/mol. The average Bonchev–Trinajstić information content (AvgIpc) is 3.82. The Morgan fingerprint density at radius 2 is 1.85 bits per heavy atom. The number of para-hydroxylation sites is 1. The number of aliphatic hydroxyl groups is 1. The fourth-order valence-corrected chi connectivity index (χ4v) is 10.8. The van der Waals surface area contributed by atoms with Crippen LogP contribution in [0, 0.1) is 17.8 Å². The Balaban J connectivity index is 1.29. The number of hydrogen-bond donors (Lipinski definition) is 5. The molecular formula is C50H51N3O8. The number of aliphatic hydroxyl groups excluding tert-OH is 1. The van der Waals surface area contributed by atoms with Crippen LogP contribution in [0.2, 0.25) is 0 Å². The number of carbonyl (C=O) groups is 1. The van der Waals surface area contributed by atoms with Crippen LogP contribution in [0.5, 0.6) is 28.7 Å². The van der Waals surface area contributed by atoms with E-state index < -0.39 is 30.2 Å². The number of phenols is 2. The monoisotopic (exact) mass is 821 g/mol. The van der Waals surface area contributed by atoms with Crippen LogP contribution in [0.3, 0.4) is 0 Å². The average molecular weight is 822 g/mol. The summed E-state index contributed by atoms with van der Waals surface area (Å²) in [5.74, 6) is 8.10. The number of aromatic nitrogens is 1. The van der Waals surface area contributed by atoms with Gasteiger partial charge in [-0.25, -0.2) is 4.98 Å². The molecule has 4 bridgehead atoms. The molecule has 0 radical (unpaired) electrons. The molecule has 1 fully saturated rings. The van der Waals surface area contributed by atoms with E-state index in [-0.39, 0.29) is 42.1 Å². The minimum atomic E-state index is -0.633. The minimum absolute atomic E-state index is 0.0291. The van der Waals surface area contributed by atoms with Crippen molar-refractivity contribution in [3.63, 3.8) is 0 Å². The van der Waals surface area contributed by atoms with Crippen molar-refractivity contribution in [1.82, 2.24) is 4.98 Å². The van der Waals surface area contributed by atoms with Crippen LogP contribution < -0.4 is 25.3 Å². The fraction of sp³-hybridized carbons (Fsp3) is 0.360. The molecule has 3 heterocycles.